The molecule has 0 unspecified atom stereocenters. The van der Waals surface area contributed by atoms with E-state index < -0.39 is 6.10 Å². The van der Waals surface area contributed by atoms with Crippen molar-refractivity contribution >= 4 is 17.6 Å². The highest BCUT2D eigenvalue weighted by atomic mass is 19.1. The van der Waals surface area contributed by atoms with Gasteiger partial charge in [-0.15, -0.1) is 0 Å². The lowest BCUT2D eigenvalue weighted by Gasteiger charge is -2.44. The van der Waals surface area contributed by atoms with E-state index in [0.29, 0.717) is 31.0 Å². The number of nitrogens with zero attached hydrogens (tertiary/aromatic N) is 1. The molecule has 0 spiro atoms. The Hall–Kier alpha value is -2.23. The van der Waals surface area contributed by atoms with E-state index in [1.165, 1.54) is 24.3 Å². The number of aliphatic hydroxyl groups excluding tert-OH is 1. The Labute approximate surface area is 181 Å². The fourth-order valence-corrected chi connectivity index (χ4v) is 4.35. The Morgan fingerprint density at radius 2 is 1.90 bits per heavy atom. The molecule has 3 N–H and O–H groups in total. The van der Waals surface area contributed by atoms with Crippen molar-refractivity contribution in [3.63, 3.8) is 0 Å². The predicted molar refractivity (Wildman–Crippen MR) is 111 cm³/mol. The number of amides is 3. The second kappa shape index (κ2) is 9.93. The normalized spacial score (nSPS) is 29.2. The third-order valence-corrected chi connectivity index (χ3v) is 6.22. The summed E-state index contributed by atoms with van der Waals surface area (Å²) in [6.45, 7) is 0.437. The highest BCUT2D eigenvalue weighted by molar-refractivity contribution is 5.89. The molecule has 1 aromatic rings. The minimum Gasteiger partial charge on any atom is -0.389 e. The number of nitrogens with one attached hydrogen (secondary N) is 2. The highest BCUT2D eigenvalue weighted by Crippen LogP contribution is 2.28. The maximum atomic E-state index is 13.2. The molecule has 1 saturated carbocycles. The molecule has 170 valence electrons. The number of anilines is 1. The minimum absolute atomic E-state index is 0.00115. The topological polar surface area (TPSA) is 100 Å². The van der Waals surface area contributed by atoms with E-state index in [-0.39, 0.29) is 55.8 Å². The van der Waals surface area contributed by atoms with Crippen molar-refractivity contribution in [2.75, 3.05) is 25.1 Å². The zero-order chi connectivity index (χ0) is 21.8. The van der Waals surface area contributed by atoms with Gasteiger partial charge in [-0.05, 0) is 56.4 Å². The second-order valence-electron chi connectivity index (χ2n) is 8.62. The molecule has 3 amide bonds. The first-order chi connectivity index (χ1) is 15.0. The zero-order valence-electron chi connectivity index (χ0n) is 17.5. The van der Waals surface area contributed by atoms with Crippen molar-refractivity contribution in [3.05, 3.63) is 30.1 Å². The van der Waals surface area contributed by atoms with Gasteiger partial charge in [0.2, 0.25) is 5.91 Å². The zero-order valence-corrected chi connectivity index (χ0v) is 17.5. The number of fused-ring (bicyclic) bond motifs is 1. The average Bonchev–Trinajstić information content (AvgIpc) is 2.70. The van der Waals surface area contributed by atoms with Gasteiger partial charge >= 0.3 is 6.03 Å². The average molecular weight is 435 g/mol. The third kappa shape index (κ3) is 5.72. The fourth-order valence-electron chi connectivity index (χ4n) is 4.35. The number of hydrogen-bond donors (Lipinski definition) is 3. The van der Waals surface area contributed by atoms with E-state index in [9.17, 15) is 19.1 Å². The van der Waals surface area contributed by atoms with Crippen LogP contribution in [0.5, 0.6) is 0 Å². The van der Waals surface area contributed by atoms with E-state index in [1.54, 1.807) is 4.90 Å². The third-order valence-electron chi connectivity index (χ3n) is 6.22. The first-order valence-corrected chi connectivity index (χ1v) is 11.0. The summed E-state index contributed by atoms with van der Waals surface area (Å²) in [5.41, 5.74) is 0.470. The van der Waals surface area contributed by atoms with Crippen LogP contribution in [0.25, 0.3) is 0 Å². The van der Waals surface area contributed by atoms with E-state index >= 15 is 0 Å². The second-order valence-corrected chi connectivity index (χ2v) is 8.62. The van der Waals surface area contributed by atoms with Crippen molar-refractivity contribution in [3.8, 4) is 0 Å². The number of β-amino-alcohol motifs (C(OH)–C–C–N with tert-alkyl or cyclic N) is 1. The number of urea groups is 1. The lowest BCUT2D eigenvalue weighted by atomic mass is 9.92. The van der Waals surface area contributed by atoms with Gasteiger partial charge in [-0.1, -0.05) is 0 Å². The Morgan fingerprint density at radius 3 is 2.61 bits per heavy atom. The summed E-state index contributed by atoms with van der Waals surface area (Å²) in [4.78, 5) is 26.8. The standard InChI is InChI=1S/C22H30FN3O5/c23-14-4-6-16(7-5-14)25-22(29)26-11-17(27)12-30-13-20-19(26)9-8-18(31-20)10-21(28)24-15-2-1-3-15/h4-7,15,17-20,27H,1-3,8-13H2,(H,24,28)(H,25,29)/t17-,18-,19-,20+/m1/s1. The number of benzene rings is 1. The number of ether oxygens (including phenoxy) is 2. The molecule has 0 radical (unpaired) electrons. The van der Waals surface area contributed by atoms with Crippen molar-refractivity contribution < 1.29 is 28.6 Å². The molecular weight excluding hydrogens is 405 g/mol. The highest BCUT2D eigenvalue weighted by Gasteiger charge is 2.40. The maximum absolute atomic E-state index is 13.2. The smallest absolute Gasteiger partial charge is 0.322 e. The SMILES string of the molecule is O=C(C[C@H]1CC[C@@H]2[C@H](COC[C@H](O)CN2C(=O)Nc2ccc(F)cc2)O1)NC1CCC1. The number of carbonyl (C=O) groups is 2. The van der Waals surface area contributed by atoms with Gasteiger partial charge in [-0.25, -0.2) is 9.18 Å². The van der Waals surface area contributed by atoms with Crippen molar-refractivity contribution in [2.24, 2.45) is 0 Å². The molecule has 8 nitrogen and oxygen atoms in total. The molecule has 4 atom stereocenters. The summed E-state index contributed by atoms with van der Waals surface area (Å²) in [6.07, 6.45) is 3.38. The Morgan fingerprint density at radius 1 is 1.13 bits per heavy atom. The molecule has 0 bridgehead atoms. The maximum Gasteiger partial charge on any atom is 0.322 e. The molecule has 3 aliphatic rings. The van der Waals surface area contributed by atoms with Gasteiger partial charge in [0, 0.05) is 11.7 Å². The van der Waals surface area contributed by atoms with Crippen molar-refractivity contribution in [2.45, 2.75) is 68.9 Å². The van der Waals surface area contributed by atoms with E-state index in [2.05, 4.69) is 10.6 Å². The van der Waals surface area contributed by atoms with E-state index in [1.807, 2.05) is 0 Å². The van der Waals surface area contributed by atoms with Crippen LogP contribution in [0, 0.1) is 5.82 Å². The predicted octanol–water partition coefficient (Wildman–Crippen LogP) is 2.03. The molecule has 1 aliphatic carbocycles. The van der Waals surface area contributed by atoms with Gasteiger partial charge in [0.25, 0.3) is 0 Å². The van der Waals surface area contributed by atoms with E-state index in [0.717, 1.165) is 19.3 Å². The molecule has 4 rings (SSSR count). The van der Waals surface area contributed by atoms with Gasteiger partial charge < -0.3 is 30.1 Å². The van der Waals surface area contributed by atoms with Gasteiger partial charge in [-0.3, -0.25) is 4.79 Å². The lowest BCUT2D eigenvalue weighted by Crippen LogP contribution is -2.58. The van der Waals surface area contributed by atoms with Gasteiger partial charge in [0.05, 0.1) is 44.4 Å². The van der Waals surface area contributed by atoms with Crippen LogP contribution in [0.1, 0.15) is 38.5 Å². The van der Waals surface area contributed by atoms with Crippen LogP contribution in [-0.4, -0.2) is 72.1 Å². The minimum atomic E-state index is -0.814. The molecule has 31 heavy (non-hydrogen) atoms. The summed E-state index contributed by atoms with van der Waals surface area (Å²) in [5.74, 6) is -0.383. The van der Waals surface area contributed by atoms with Crippen LogP contribution in [0.3, 0.4) is 0 Å². The van der Waals surface area contributed by atoms with Crippen LogP contribution in [0.15, 0.2) is 24.3 Å². The van der Waals surface area contributed by atoms with Gasteiger partial charge in [0.1, 0.15) is 11.9 Å². The van der Waals surface area contributed by atoms with Crippen molar-refractivity contribution in [1.29, 1.82) is 0 Å². The number of hydrogen-bond acceptors (Lipinski definition) is 5. The van der Waals surface area contributed by atoms with Crippen LogP contribution in [-0.2, 0) is 14.3 Å². The van der Waals surface area contributed by atoms with Crippen molar-refractivity contribution in [1.82, 2.24) is 10.2 Å². The van der Waals surface area contributed by atoms with E-state index in [4.69, 9.17) is 9.47 Å². The number of rotatable bonds is 4. The van der Waals surface area contributed by atoms with Crippen LogP contribution >= 0.6 is 0 Å². The van der Waals surface area contributed by atoms with Crippen LogP contribution in [0.2, 0.25) is 0 Å². The Balaban J connectivity index is 1.39. The molecule has 0 aromatic heterocycles. The Kier molecular flexibility index (Phi) is 7.04. The summed E-state index contributed by atoms with van der Waals surface area (Å²) in [5, 5.41) is 16.0. The molecule has 1 aromatic carbocycles. The van der Waals surface area contributed by atoms with Crippen LogP contribution in [0.4, 0.5) is 14.9 Å². The molecule has 2 saturated heterocycles. The molecule has 9 heteroatoms. The quantitative estimate of drug-likeness (QED) is 0.672. The first kappa shape index (κ1) is 22.0. The number of aliphatic hydroxyl groups is 1. The summed E-state index contributed by atoms with van der Waals surface area (Å²) < 4.78 is 24.9. The molecule has 3 fully saturated rings. The lowest BCUT2D eigenvalue weighted by molar-refractivity contribution is -0.150. The molecule has 2 aliphatic heterocycles. The summed E-state index contributed by atoms with van der Waals surface area (Å²) in [6, 6.07) is 5.15. The number of halogens is 1. The first-order valence-electron chi connectivity index (χ1n) is 11.0. The summed E-state index contributed by atoms with van der Waals surface area (Å²) in [7, 11) is 0. The number of carbonyl (C=O) groups excluding carboxylic acids is 2. The van der Waals surface area contributed by atoms with Gasteiger partial charge in [0.15, 0.2) is 0 Å². The monoisotopic (exact) mass is 435 g/mol. The summed E-state index contributed by atoms with van der Waals surface area (Å²) >= 11 is 0. The van der Waals surface area contributed by atoms with Crippen LogP contribution < -0.4 is 10.6 Å². The molecular formula is C22H30FN3O5. The fraction of sp³-hybridized carbons (Fsp3) is 0.636. The largest absolute Gasteiger partial charge is 0.389 e. The Bertz CT molecular complexity index is 773. The van der Waals surface area contributed by atoms with Gasteiger partial charge in [-0.2, -0.15) is 0 Å². The molecule has 2 heterocycles.